The van der Waals surface area contributed by atoms with Crippen molar-refractivity contribution < 1.29 is 33.6 Å². The van der Waals surface area contributed by atoms with Crippen LogP contribution in [0.5, 0.6) is 11.5 Å². The van der Waals surface area contributed by atoms with E-state index in [1.165, 1.54) is 43.5 Å². The van der Waals surface area contributed by atoms with E-state index in [4.69, 9.17) is 21.1 Å². The van der Waals surface area contributed by atoms with E-state index < -0.39 is 34.2 Å². The van der Waals surface area contributed by atoms with E-state index in [1.807, 2.05) is 0 Å². The molecular weight excluding hydrogens is 612 g/mol. The molecule has 0 saturated carbocycles. The summed E-state index contributed by atoms with van der Waals surface area (Å²) in [5.41, 5.74) is -0.117. The number of hydrogen-bond donors (Lipinski definition) is 2. The summed E-state index contributed by atoms with van der Waals surface area (Å²) in [4.78, 5) is 61.6. The van der Waals surface area contributed by atoms with Gasteiger partial charge in [-0.25, -0.2) is 9.69 Å². The van der Waals surface area contributed by atoms with E-state index in [2.05, 4.69) is 26.6 Å². The van der Waals surface area contributed by atoms with Crippen molar-refractivity contribution in [1.29, 1.82) is 0 Å². The first kappa shape index (κ1) is 28.3. The molecule has 40 heavy (non-hydrogen) atoms. The maximum Gasteiger partial charge on any atom is 0.335 e. The number of hydrogen-bond acceptors (Lipinski definition) is 8. The molecule has 1 fully saturated rings. The van der Waals surface area contributed by atoms with E-state index in [0.29, 0.717) is 25.6 Å². The lowest BCUT2D eigenvalue weighted by molar-refractivity contribution is -0.384. The molecule has 0 aliphatic carbocycles. The van der Waals surface area contributed by atoms with Gasteiger partial charge in [0.15, 0.2) is 18.1 Å². The molecule has 12 nitrogen and oxygen atoms in total. The molecule has 14 heteroatoms. The number of nitro benzene ring substituents is 1. The van der Waals surface area contributed by atoms with Gasteiger partial charge in [0.2, 0.25) is 0 Å². The number of barbiturate groups is 1. The molecule has 2 N–H and O–H groups in total. The van der Waals surface area contributed by atoms with Crippen LogP contribution in [0.2, 0.25) is 5.02 Å². The number of carbonyl (C=O) groups excluding carboxylic acids is 4. The number of carbonyl (C=O) groups is 4. The van der Waals surface area contributed by atoms with Crippen LogP contribution in [-0.2, 0) is 14.4 Å². The van der Waals surface area contributed by atoms with Gasteiger partial charge in [-0.1, -0.05) is 29.8 Å². The number of nitrogens with one attached hydrogen (secondary N) is 2. The Morgan fingerprint density at radius 2 is 1.90 bits per heavy atom. The molecule has 0 unspecified atom stereocenters. The van der Waals surface area contributed by atoms with Crippen LogP contribution >= 0.6 is 27.5 Å². The molecule has 0 bridgehead atoms. The predicted octanol–water partition coefficient (Wildman–Crippen LogP) is 4.70. The molecule has 1 aliphatic rings. The maximum absolute atomic E-state index is 13.2. The van der Waals surface area contributed by atoms with Gasteiger partial charge < -0.3 is 14.8 Å². The lowest BCUT2D eigenvalue weighted by atomic mass is 10.1. The number of non-ortho nitro benzene ring substituents is 1. The van der Waals surface area contributed by atoms with Crippen LogP contribution in [-0.4, -0.2) is 42.4 Å². The number of para-hydroxylation sites is 1. The number of anilines is 2. The summed E-state index contributed by atoms with van der Waals surface area (Å²) in [6.45, 7) is -0.387. The van der Waals surface area contributed by atoms with Crippen LogP contribution < -0.4 is 25.0 Å². The van der Waals surface area contributed by atoms with Gasteiger partial charge in [0, 0.05) is 12.1 Å². The average molecular weight is 630 g/mol. The summed E-state index contributed by atoms with van der Waals surface area (Å²) in [6.07, 6.45) is 1.22. The smallest absolute Gasteiger partial charge is 0.335 e. The zero-order valence-corrected chi connectivity index (χ0v) is 22.8. The van der Waals surface area contributed by atoms with Gasteiger partial charge in [-0.3, -0.25) is 29.8 Å². The van der Waals surface area contributed by atoms with Gasteiger partial charge >= 0.3 is 6.03 Å². The van der Waals surface area contributed by atoms with Gasteiger partial charge in [0.25, 0.3) is 23.4 Å². The highest BCUT2D eigenvalue weighted by atomic mass is 79.9. The normalized spacial score (nSPS) is 14.1. The first-order valence-corrected chi connectivity index (χ1v) is 12.5. The Kier molecular flexibility index (Phi) is 8.46. The molecule has 0 aromatic heterocycles. The highest BCUT2D eigenvalue weighted by molar-refractivity contribution is 9.10. The number of ether oxygens (including phenoxy) is 2. The second-order valence-corrected chi connectivity index (χ2v) is 9.35. The molecule has 1 saturated heterocycles. The summed E-state index contributed by atoms with van der Waals surface area (Å²) in [5, 5.41) is 16.2. The molecule has 3 aromatic rings. The first-order chi connectivity index (χ1) is 19.1. The monoisotopic (exact) mass is 628 g/mol. The van der Waals surface area contributed by atoms with Crippen molar-refractivity contribution in [2.75, 3.05) is 23.9 Å². The van der Waals surface area contributed by atoms with Crippen molar-refractivity contribution in [3.8, 4) is 11.5 Å². The number of imide groups is 2. The summed E-state index contributed by atoms with van der Waals surface area (Å²) in [7, 11) is 1.36. The molecule has 0 radical (unpaired) electrons. The van der Waals surface area contributed by atoms with Crippen molar-refractivity contribution in [3.05, 3.63) is 91.4 Å². The Morgan fingerprint density at radius 3 is 2.60 bits per heavy atom. The summed E-state index contributed by atoms with van der Waals surface area (Å²) in [6, 6.07) is 13.5. The second kappa shape index (κ2) is 12.0. The lowest BCUT2D eigenvalue weighted by Gasteiger charge is -2.26. The fourth-order valence-electron chi connectivity index (χ4n) is 3.65. The van der Waals surface area contributed by atoms with Crippen LogP contribution in [0.4, 0.5) is 21.9 Å². The highest BCUT2D eigenvalue weighted by Crippen LogP contribution is 2.37. The highest BCUT2D eigenvalue weighted by Gasteiger charge is 2.37. The van der Waals surface area contributed by atoms with Crippen molar-refractivity contribution in [2.45, 2.75) is 0 Å². The molecule has 4 rings (SSSR count). The van der Waals surface area contributed by atoms with Crippen LogP contribution in [0.1, 0.15) is 5.56 Å². The molecule has 1 heterocycles. The number of rotatable bonds is 8. The van der Waals surface area contributed by atoms with Crippen molar-refractivity contribution in [3.63, 3.8) is 0 Å². The molecular formula is C26H18BrClN4O8. The Bertz CT molecular complexity index is 1590. The van der Waals surface area contributed by atoms with Crippen LogP contribution in [0.15, 0.2) is 70.7 Å². The second-order valence-electron chi connectivity index (χ2n) is 8.09. The van der Waals surface area contributed by atoms with Crippen molar-refractivity contribution in [2.24, 2.45) is 0 Å². The molecule has 0 atom stereocenters. The average Bonchev–Trinajstić information content (AvgIpc) is 2.91. The number of nitro groups is 1. The largest absolute Gasteiger partial charge is 0.493 e. The third-order valence-electron chi connectivity index (χ3n) is 5.46. The molecule has 0 spiro atoms. The molecule has 204 valence electrons. The quantitative estimate of drug-likeness (QED) is 0.157. The van der Waals surface area contributed by atoms with Gasteiger partial charge in [-0.05, 0) is 57.9 Å². The van der Waals surface area contributed by atoms with Gasteiger partial charge in [-0.15, -0.1) is 0 Å². The summed E-state index contributed by atoms with van der Waals surface area (Å²) < 4.78 is 11.3. The fraction of sp³-hybridized carbons (Fsp3) is 0.0769. The lowest BCUT2D eigenvalue weighted by Crippen LogP contribution is -2.54. The zero-order valence-electron chi connectivity index (χ0n) is 20.5. The van der Waals surface area contributed by atoms with Crippen LogP contribution in [0.3, 0.4) is 0 Å². The van der Waals surface area contributed by atoms with Gasteiger partial charge in [-0.2, -0.15) is 0 Å². The Hall–Kier alpha value is -4.75. The third-order valence-corrected chi connectivity index (χ3v) is 6.38. The summed E-state index contributed by atoms with van der Waals surface area (Å²) >= 11 is 9.40. The first-order valence-electron chi connectivity index (χ1n) is 11.3. The van der Waals surface area contributed by atoms with Gasteiger partial charge in [0.1, 0.15) is 5.57 Å². The Balaban J connectivity index is 1.58. The van der Waals surface area contributed by atoms with E-state index >= 15 is 0 Å². The fourth-order valence-corrected chi connectivity index (χ4v) is 4.41. The van der Waals surface area contributed by atoms with E-state index in [1.54, 1.807) is 24.3 Å². The van der Waals surface area contributed by atoms with Gasteiger partial charge in [0.05, 0.1) is 32.9 Å². The summed E-state index contributed by atoms with van der Waals surface area (Å²) in [5.74, 6) is -2.08. The standard InChI is InChI=1S/C26H18BrClN4O8/c1-39-21-11-14(10-18(27)23(21)40-13-22(33)29-20-8-3-2-7-19(20)28)9-17-24(34)30-26(36)31(25(17)35)15-5-4-6-16(12-15)32(37)38/h2-12H,13H2,1H3,(H,29,33)(H,30,34,36)/b17-9-. The topological polar surface area (TPSA) is 157 Å². The minimum atomic E-state index is -1.05. The minimum Gasteiger partial charge on any atom is -0.493 e. The van der Waals surface area contributed by atoms with E-state index in [9.17, 15) is 29.3 Å². The van der Waals surface area contributed by atoms with Crippen molar-refractivity contribution in [1.82, 2.24) is 5.32 Å². The number of halogens is 2. The van der Waals surface area contributed by atoms with E-state index in [0.717, 1.165) is 6.07 Å². The van der Waals surface area contributed by atoms with Crippen LogP contribution in [0, 0.1) is 10.1 Å². The third kappa shape index (κ3) is 6.11. The number of methoxy groups -OCH3 is 1. The number of nitrogens with zero attached hydrogens (tertiary/aromatic N) is 2. The van der Waals surface area contributed by atoms with E-state index in [-0.39, 0.29) is 29.5 Å². The Labute approximate surface area is 239 Å². The number of urea groups is 1. The SMILES string of the molecule is COc1cc(/C=C2/C(=O)NC(=O)N(c3cccc([N+](=O)[O-])c3)C2=O)cc(Br)c1OCC(=O)Nc1ccccc1Cl. The zero-order chi connectivity index (χ0) is 29.0. The molecule has 3 aromatic carbocycles. The number of amides is 5. The minimum absolute atomic E-state index is 0.0901. The molecule has 5 amide bonds. The maximum atomic E-state index is 13.2. The molecule has 1 aliphatic heterocycles. The predicted molar refractivity (Wildman–Crippen MR) is 148 cm³/mol. The number of benzene rings is 3. The van der Waals surface area contributed by atoms with Crippen LogP contribution in [0.25, 0.3) is 6.08 Å². The van der Waals surface area contributed by atoms with Crippen molar-refractivity contribution >= 4 is 74.4 Å². The Morgan fingerprint density at radius 1 is 1.15 bits per heavy atom.